The maximum absolute atomic E-state index is 6.16. The van der Waals surface area contributed by atoms with Crippen molar-refractivity contribution in [1.82, 2.24) is 10.3 Å². The zero-order valence-corrected chi connectivity index (χ0v) is 10.5. The topological polar surface area (TPSA) is 24.9 Å². The first kappa shape index (κ1) is 12.1. The fraction of sp³-hybridized carbons (Fsp3) is 0.214. The van der Waals surface area contributed by atoms with E-state index in [2.05, 4.69) is 34.6 Å². The molecule has 1 atom stereocenters. The normalized spacial score (nSPS) is 12.4. The first-order valence-electron chi connectivity index (χ1n) is 5.62. The highest BCUT2D eigenvalue weighted by Gasteiger charge is 2.12. The summed E-state index contributed by atoms with van der Waals surface area (Å²) in [5.74, 6) is 0. The average molecular weight is 247 g/mol. The molecule has 1 N–H and O–H groups in total. The summed E-state index contributed by atoms with van der Waals surface area (Å²) in [6.07, 6.45) is 4.38. The zero-order chi connectivity index (χ0) is 12.1. The fourth-order valence-electron chi connectivity index (χ4n) is 1.89. The van der Waals surface area contributed by atoms with Crippen molar-refractivity contribution in [2.75, 3.05) is 7.05 Å². The van der Waals surface area contributed by atoms with Gasteiger partial charge in [-0.3, -0.25) is 4.98 Å². The van der Waals surface area contributed by atoms with E-state index in [4.69, 9.17) is 11.6 Å². The predicted molar refractivity (Wildman–Crippen MR) is 71.2 cm³/mol. The van der Waals surface area contributed by atoms with E-state index in [1.165, 1.54) is 5.56 Å². The van der Waals surface area contributed by atoms with Gasteiger partial charge in [0.15, 0.2) is 0 Å². The summed E-state index contributed by atoms with van der Waals surface area (Å²) in [4.78, 5) is 4.01. The van der Waals surface area contributed by atoms with Crippen LogP contribution in [0.25, 0.3) is 0 Å². The zero-order valence-electron chi connectivity index (χ0n) is 9.73. The minimum atomic E-state index is 0.216. The Labute approximate surface area is 107 Å². The number of benzene rings is 1. The number of pyridine rings is 1. The molecule has 2 aromatic rings. The summed E-state index contributed by atoms with van der Waals surface area (Å²) in [6.45, 7) is 0. The standard InChI is InChI=1S/C14H15ClN2/c1-16-14(9-11-5-3-2-4-6-11)12-7-8-17-10-13(12)15/h2-8,10,14,16H,9H2,1H3. The van der Waals surface area contributed by atoms with Crippen molar-refractivity contribution in [3.05, 3.63) is 64.9 Å². The highest BCUT2D eigenvalue weighted by molar-refractivity contribution is 6.31. The Kier molecular flexibility index (Phi) is 4.13. The highest BCUT2D eigenvalue weighted by atomic mass is 35.5. The minimum absolute atomic E-state index is 0.216. The molecule has 0 saturated carbocycles. The van der Waals surface area contributed by atoms with Gasteiger partial charge in [0, 0.05) is 18.4 Å². The molecule has 1 aromatic heterocycles. The van der Waals surface area contributed by atoms with Gasteiger partial charge in [0.2, 0.25) is 0 Å². The third-order valence-corrected chi connectivity index (χ3v) is 3.13. The second kappa shape index (κ2) is 5.80. The number of hydrogen-bond donors (Lipinski definition) is 1. The molecular formula is C14H15ClN2. The molecule has 0 bridgehead atoms. The molecule has 17 heavy (non-hydrogen) atoms. The van der Waals surface area contributed by atoms with Gasteiger partial charge in [-0.25, -0.2) is 0 Å². The van der Waals surface area contributed by atoms with Gasteiger partial charge in [-0.1, -0.05) is 41.9 Å². The maximum Gasteiger partial charge on any atom is 0.0637 e. The third-order valence-electron chi connectivity index (χ3n) is 2.81. The van der Waals surface area contributed by atoms with Crippen LogP contribution in [0, 0.1) is 0 Å². The van der Waals surface area contributed by atoms with Crippen LogP contribution >= 0.6 is 11.6 Å². The first-order valence-corrected chi connectivity index (χ1v) is 5.99. The molecule has 0 radical (unpaired) electrons. The van der Waals surface area contributed by atoms with Crippen LogP contribution in [0.3, 0.4) is 0 Å². The summed E-state index contributed by atoms with van der Waals surface area (Å²) < 4.78 is 0. The van der Waals surface area contributed by atoms with Gasteiger partial charge in [-0.2, -0.15) is 0 Å². The Morgan fingerprint density at radius 2 is 2.00 bits per heavy atom. The van der Waals surface area contributed by atoms with Gasteiger partial charge < -0.3 is 5.32 Å². The molecule has 2 rings (SSSR count). The third kappa shape index (κ3) is 3.05. The Bertz CT molecular complexity index is 471. The lowest BCUT2D eigenvalue weighted by molar-refractivity contribution is 0.591. The molecule has 1 unspecified atom stereocenters. The summed E-state index contributed by atoms with van der Waals surface area (Å²) >= 11 is 6.16. The molecule has 0 saturated heterocycles. The van der Waals surface area contributed by atoms with E-state index in [1.807, 2.05) is 19.2 Å². The van der Waals surface area contributed by atoms with Crippen molar-refractivity contribution in [3.63, 3.8) is 0 Å². The smallest absolute Gasteiger partial charge is 0.0637 e. The quantitative estimate of drug-likeness (QED) is 0.896. The Balaban J connectivity index is 2.21. The van der Waals surface area contributed by atoms with Gasteiger partial charge in [0.25, 0.3) is 0 Å². The Morgan fingerprint density at radius 3 is 2.65 bits per heavy atom. The lowest BCUT2D eigenvalue weighted by Crippen LogP contribution is -2.19. The van der Waals surface area contributed by atoms with E-state index in [0.29, 0.717) is 5.02 Å². The molecule has 2 nitrogen and oxygen atoms in total. The highest BCUT2D eigenvalue weighted by Crippen LogP contribution is 2.24. The molecule has 0 amide bonds. The lowest BCUT2D eigenvalue weighted by Gasteiger charge is -2.17. The Hall–Kier alpha value is -1.38. The molecule has 0 spiro atoms. The molecule has 3 heteroatoms. The molecule has 1 aromatic carbocycles. The van der Waals surface area contributed by atoms with Crippen LogP contribution in [0.2, 0.25) is 5.02 Å². The SMILES string of the molecule is CNC(Cc1ccccc1)c1ccncc1Cl. The first-order chi connectivity index (χ1) is 8.31. The monoisotopic (exact) mass is 246 g/mol. The number of rotatable bonds is 4. The molecule has 0 aliphatic carbocycles. The molecule has 0 aliphatic heterocycles. The molecular weight excluding hydrogens is 232 g/mol. The van der Waals surface area contributed by atoms with E-state index < -0.39 is 0 Å². The predicted octanol–water partition coefficient (Wildman–Crippen LogP) is 3.24. The molecule has 0 aliphatic rings. The minimum Gasteiger partial charge on any atom is -0.313 e. The number of aromatic nitrogens is 1. The number of hydrogen-bond acceptors (Lipinski definition) is 2. The fourth-order valence-corrected chi connectivity index (χ4v) is 2.14. The second-order valence-corrected chi connectivity index (χ2v) is 4.34. The van der Waals surface area contributed by atoms with Crippen LogP contribution in [-0.4, -0.2) is 12.0 Å². The van der Waals surface area contributed by atoms with Crippen LogP contribution in [0.5, 0.6) is 0 Å². The summed E-state index contributed by atoms with van der Waals surface area (Å²) in [7, 11) is 1.95. The van der Waals surface area contributed by atoms with Crippen molar-refractivity contribution in [2.45, 2.75) is 12.5 Å². The number of likely N-dealkylation sites (N-methyl/N-ethyl adjacent to an activating group) is 1. The van der Waals surface area contributed by atoms with Crippen LogP contribution in [0.15, 0.2) is 48.8 Å². The van der Waals surface area contributed by atoms with Crippen LogP contribution in [0.1, 0.15) is 17.2 Å². The van der Waals surface area contributed by atoms with Crippen molar-refractivity contribution in [1.29, 1.82) is 0 Å². The molecule has 88 valence electrons. The van der Waals surface area contributed by atoms with Gasteiger partial charge in [0.1, 0.15) is 0 Å². The van der Waals surface area contributed by atoms with Gasteiger partial charge in [-0.05, 0) is 30.7 Å². The van der Waals surface area contributed by atoms with E-state index >= 15 is 0 Å². The largest absolute Gasteiger partial charge is 0.313 e. The van der Waals surface area contributed by atoms with Gasteiger partial charge in [-0.15, -0.1) is 0 Å². The number of halogens is 1. The van der Waals surface area contributed by atoms with Crippen LogP contribution in [0.4, 0.5) is 0 Å². The van der Waals surface area contributed by atoms with Crippen LogP contribution in [-0.2, 0) is 6.42 Å². The van der Waals surface area contributed by atoms with E-state index in [-0.39, 0.29) is 6.04 Å². The van der Waals surface area contributed by atoms with Gasteiger partial charge in [0.05, 0.1) is 5.02 Å². The van der Waals surface area contributed by atoms with E-state index in [0.717, 1.165) is 12.0 Å². The van der Waals surface area contributed by atoms with Crippen molar-refractivity contribution in [3.8, 4) is 0 Å². The average Bonchev–Trinajstić information content (AvgIpc) is 2.38. The summed E-state index contributed by atoms with van der Waals surface area (Å²) in [6, 6.07) is 12.6. The van der Waals surface area contributed by atoms with Crippen molar-refractivity contribution in [2.24, 2.45) is 0 Å². The van der Waals surface area contributed by atoms with E-state index in [1.54, 1.807) is 12.4 Å². The van der Waals surface area contributed by atoms with Crippen LogP contribution < -0.4 is 5.32 Å². The summed E-state index contributed by atoms with van der Waals surface area (Å²) in [5.41, 5.74) is 2.38. The lowest BCUT2D eigenvalue weighted by atomic mass is 10.00. The number of nitrogens with one attached hydrogen (secondary N) is 1. The number of nitrogens with zero attached hydrogens (tertiary/aromatic N) is 1. The van der Waals surface area contributed by atoms with Crippen molar-refractivity contribution < 1.29 is 0 Å². The van der Waals surface area contributed by atoms with Gasteiger partial charge >= 0.3 is 0 Å². The van der Waals surface area contributed by atoms with E-state index in [9.17, 15) is 0 Å². The molecule has 1 heterocycles. The second-order valence-electron chi connectivity index (χ2n) is 3.93. The maximum atomic E-state index is 6.16. The molecule has 0 fully saturated rings. The Morgan fingerprint density at radius 1 is 1.24 bits per heavy atom. The van der Waals surface area contributed by atoms with Crippen molar-refractivity contribution >= 4 is 11.6 Å². The summed E-state index contributed by atoms with van der Waals surface area (Å²) in [5, 5.41) is 4.01.